The van der Waals surface area contributed by atoms with Crippen LogP contribution in [0.1, 0.15) is 41.6 Å². The average Bonchev–Trinajstić information content (AvgIpc) is 2.88. The summed E-state index contributed by atoms with van der Waals surface area (Å²) in [5, 5.41) is 9.92. The molecule has 0 aliphatic heterocycles. The minimum atomic E-state index is -0.531. The lowest BCUT2D eigenvalue weighted by molar-refractivity contribution is -0.119. The van der Waals surface area contributed by atoms with E-state index >= 15 is 0 Å². The van der Waals surface area contributed by atoms with Gasteiger partial charge in [-0.15, -0.1) is 0 Å². The van der Waals surface area contributed by atoms with Gasteiger partial charge in [0, 0.05) is 6.04 Å². The number of nitrogens with zero attached hydrogens (tertiary/aromatic N) is 1. The van der Waals surface area contributed by atoms with Crippen molar-refractivity contribution in [3.8, 4) is 5.75 Å². The van der Waals surface area contributed by atoms with Gasteiger partial charge >= 0.3 is 0 Å². The van der Waals surface area contributed by atoms with Crippen molar-refractivity contribution in [1.29, 1.82) is 0 Å². The van der Waals surface area contributed by atoms with Gasteiger partial charge in [-0.25, -0.2) is 0 Å². The summed E-state index contributed by atoms with van der Waals surface area (Å²) in [4.78, 5) is 25.3. The minimum Gasteiger partial charge on any atom is -0.507 e. The van der Waals surface area contributed by atoms with Crippen LogP contribution in [-0.4, -0.2) is 34.4 Å². The molecule has 1 aromatic rings. The van der Waals surface area contributed by atoms with Crippen LogP contribution in [-0.2, 0) is 4.79 Å². The van der Waals surface area contributed by atoms with Gasteiger partial charge in [-0.05, 0) is 37.5 Å². The largest absolute Gasteiger partial charge is 0.507 e. The molecule has 3 N–H and O–H groups in total. The topological polar surface area (TPSA) is 83.6 Å². The summed E-state index contributed by atoms with van der Waals surface area (Å²) < 4.78 is 0. The zero-order chi connectivity index (χ0) is 14.7. The molecule has 108 valence electrons. The molecule has 2 rings (SSSR count). The van der Waals surface area contributed by atoms with Gasteiger partial charge in [0.25, 0.3) is 5.91 Å². The number of carbonyl (C=O) groups excluding carboxylic acids is 2. The van der Waals surface area contributed by atoms with E-state index in [-0.39, 0.29) is 29.8 Å². The molecular weight excluding hydrogens is 256 g/mol. The number of phenolic OH excluding ortho intramolecular Hbond substituents is 1. The van der Waals surface area contributed by atoms with Crippen LogP contribution in [0.25, 0.3) is 0 Å². The van der Waals surface area contributed by atoms with Gasteiger partial charge in [-0.1, -0.05) is 18.9 Å². The Hall–Kier alpha value is -2.04. The number of benzene rings is 1. The standard InChI is InChI=1S/C15H20N2O3/c1-10-6-7-12(13(18)8-10)15(20)17(9-14(16)19)11-4-2-3-5-11/h6-8,11,18H,2-5,9H2,1H3,(H2,16,19). The van der Waals surface area contributed by atoms with Crippen LogP contribution < -0.4 is 5.73 Å². The summed E-state index contributed by atoms with van der Waals surface area (Å²) >= 11 is 0. The molecule has 0 aromatic heterocycles. The summed E-state index contributed by atoms with van der Waals surface area (Å²) in [6.07, 6.45) is 3.86. The predicted octanol–water partition coefficient (Wildman–Crippen LogP) is 1.57. The number of phenols is 1. The van der Waals surface area contributed by atoms with Crippen molar-refractivity contribution in [3.63, 3.8) is 0 Å². The maximum Gasteiger partial charge on any atom is 0.258 e. The monoisotopic (exact) mass is 276 g/mol. The van der Waals surface area contributed by atoms with E-state index in [1.165, 1.54) is 4.90 Å². The number of aryl methyl sites for hydroxylation is 1. The fraction of sp³-hybridized carbons (Fsp3) is 0.467. The van der Waals surface area contributed by atoms with Crippen LogP contribution >= 0.6 is 0 Å². The molecule has 0 heterocycles. The Morgan fingerprint density at radius 3 is 2.55 bits per heavy atom. The normalized spacial score (nSPS) is 15.2. The maximum atomic E-state index is 12.6. The van der Waals surface area contributed by atoms with Crippen molar-refractivity contribution in [3.05, 3.63) is 29.3 Å². The lowest BCUT2D eigenvalue weighted by Gasteiger charge is -2.28. The first kappa shape index (κ1) is 14.4. The quantitative estimate of drug-likeness (QED) is 0.875. The van der Waals surface area contributed by atoms with Crippen LogP contribution in [0.5, 0.6) is 5.75 Å². The zero-order valence-corrected chi connectivity index (χ0v) is 11.6. The number of aromatic hydroxyl groups is 1. The molecule has 1 aliphatic carbocycles. The summed E-state index contributed by atoms with van der Waals surface area (Å²) in [6.45, 7) is 1.74. The third-order valence-corrected chi connectivity index (χ3v) is 3.74. The molecule has 1 fully saturated rings. The second-order valence-electron chi connectivity index (χ2n) is 5.36. The minimum absolute atomic E-state index is 0.0377. The van der Waals surface area contributed by atoms with E-state index in [9.17, 15) is 14.7 Å². The third kappa shape index (κ3) is 3.10. The fourth-order valence-electron chi connectivity index (χ4n) is 2.73. The van der Waals surface area contributed by atoms with E-state index in [0.29, 0.717) is 0 Å². The first-order valence-corrected chi connectivity index (χ1v) is 6.88. The van der Waals surface area contributed by atoms with Crippen molar-refractivity contribution in [2.45, 2.75) is 38.6 Å². The molecule has 0 spiro atoms. The highest BCUT2D eigenvalue weighted by Crippen LogP contribution is 2.27. The SMILES string of the molecule is Cc1ccc(C(=O)N(CC(N)=O)C2CCCC2)c(O)c1. The number of rotatable bonds is 4. The van der Waals surface area contributed by atoms with Crippen molar-refractivity contribution in [2.75, 3.05) is 6.54 Å². The Kier molecular flexibility index (Phi) is 4.27. The zero-order valence-electron chi connectivity index (χ0n) is 11.6. The molecule has 1 aromatic carbocycles. The van der Waals surface area contributed by atoms with E-state index in [1.807, 2.05) is 6.92 Å². The summed E-state index contributed by atoms with van der Waals surface area (Å²) in [6, 6.07) is 4.94. The summed E-state index contributed by atoms with van der Waals surface area (Å²) in [5.74, 6) is -0.910. The average molecular weight is 276 g/mol. The second-order valence-corrected chi connectivity index (χ2v) is 5.36. The Labute approximate surface area is 118 Å². The smallest absolute Gasteiger partial charge is 0.258 e. The fourth-order valence-corrected chi connectivity index (χ4v) is 2.73. The molecule has 1 aliphatic rings. The van der Waals surface area contributed by atoms with Crippen molar-refractivity contribution in [2.24, 2.45) is 5.73 Å². The molecule has 5 nitrogen and oxygen atoms in total. The first-order chi connectivity index (χ1) is 9.49. The molecule has 0 atom stereocenters. The Balaban J connectivity index is 2.27. The molecule has 0 saturated heterocycles. The van der Waals surface area contributed by atoms with Crippen molar-refractivity contribution >= 4 is 11.8 Å². The van der Waals surface area contributed by atoms with Gasteiger partial charge in [-0.3, -0.25) is 9.59 Å². The van der Waals surface area contributed by atoms with Crippen LogP contribution in [0.3, 0.4) is 0 Å². The number of amides is 2. The molecule has 20 heavy (non-hydrogen) atoms. The molecule has 0 unspecified atom stereocenters. The number of carbonyl (C=O) groups is 2. The second kappa shape index (κ2) is 5.94. The van der Waals surface area contributed by atoms with E-state index < -0.39 is 5.91 Å². The van der Waals surface area contributed by atoms with Gasteiger partial charge in [0.15, 0.2) is 0 Å². The van der Waals surface area contributed by atoms with Gasteiger partial charge in [0.05, 0.1) is 12.1 Å². The number of hydrogen-bond donors (Lipinski definition) is 2. The highest BCUT2D eigenvalue weighted by atomic mass is 16.3. The van der Waals surface area contributed by atoms with Crippen molar-refractivity contribution in [1.82, 2.24) is 4.90 Å². The third-order valence-electron chi connectivity index (χ3n) is 3.74. The summed E-state index contributed by atoms with van der Waals surface area (Å²) in [5.41, 5.74) is 6.35. The van der Waals surface area contributed by atoms with E-state index in [1.54, 1.807) is 18.2 Å². The Bertz CT molecular complexity index is 522. The predicted molar refractivity (Wildman–Crippen MR) is 75.3 cm³/mol. The van der Waals surface area contributed by atoms with E-state index in [0.717, 1.165) is 31.2 Å². The van der Waals surface area contributed by atoms with E-state index in [4.69, 9.17) is 5.73 Å². The number of nitrogens with two attached hydrogens (primary N) is 1. The summed E-state index contributed by atoms with van der Waals surface area (Å²) in [7, 11) is 0. The van der Waals surface area contributed by atoms with Gasteiger partial charge in [-0.2, -0.15) is 0 Å². The Morgan fingerprint density at radius 1 is 1.35 bits per heavy atom. The maximum absolute atomic E-state index is 12.6. The number of hydrogen-bond acceptors (Lipinski definition) is 3. The number of primary amides is 1. The van der Waals surface area contributed by atoms with E-state index in [2.05, 4.69) is 0 Å². The van der Waals surface area contributed by atoms with Crippen LogP contribution in [0.15, 0.2) is 18.2 Å². The molecule has 0 bridgehead atoms. The highest BCUT2D eigenvalue weighted by molar-refractivity contribution is 5.98. The van der Waals surface area contributed by atoms with Crippen molar-refractivity contribution < 1.29 is 14.7 Å². The lowest BCUT2D eigenvalue weighted by atomic mass is 10.1. The Morgan fingerprint density at radius 2 is 2.00 bits per heavy atom. The molecule has 1 saturated carbocycles. The first-order valence-electron chi connectivity index (χ1n) is 6.88. The van der Waals surface area contributed by atoms with Crippen LogP contribution in [0, 0.1) is 6.92 Å². The van der Waals surface area contributed by atoms with Crippen LogP contribution in [0.2, 0.25) is 0 Å². The highest BCUT2D eigenvalue weighted by Gasteiger charge is 2.29. The molecule has 2 amide bonds. The van der Waals surface area contributed by atoms with Gasteiger partial charge < -0.3 is 15.7 Å². The van der Waals surface area contributed by atoms with Gasteiger partial charge in [0.1, 0.15) is 5.75 Å². The lowest BCUT2D eigenvalue weighted by Crippen LogP contribution is -2.44. The molecule has 5 heteroatoms. The van der Waals surface area contributed by atoms with Crippen LogP contribution in [0.4, 0.5) is 0 Å². The molecule has 0 radical (unpaired) electrons. The van der Waals surface area contributed by atoms with Gasteiger partial charge in [0.2, 0.25) is 5.91 Å². The molecular formula is C15H20N2O3.